The minimum atomic E-state index is -0.399. The van der Waals surface area contributed by atoms with Crippen LogP contribution in [0.3, 0.4) is 0 Å². The van der Waals surface area contributed by atoms with Gasteiger partial charge >= 0.3 is 0 Å². The van der Waals surface area contributed by atoms with Gasteiger partial charge in [0.1, 0.15) is 5.82 Å². The highest BCUT2D eigenvalue weighted by molar-refractivity contribution is 6.31. The predicted octanol–water partition coefficient (Wildman–Crippen LogP) is 3.04. The van der Waals surface area contributed by atoms with Crippen molar-refractivity contribution in [1.82, 2.24) is 4.98 Å². The van der Waals surface area contributed by atoms with Crippen molar-refractivity contribution in [3.8, 4) is 0 Å². The topological polar surface area (TPSA) is 62.3 Å². The number of hydrogen-bond donors (Lipinski definition) is 1. The molecule has 0 bridgehead atoms. The molecule has 6 heteroatoms. The Kier molecular flexibility index (Phi) is 4.30. The van der Waals surface area contributed by atoms with Gasteiger partial charge in [0.05, 0.1) is 5.92 Å². The van der Waals surface area contributed by atoms with Gasteiger partial charge in [-0.25, -0.2) is 4.98 Å². The van der Waals surface area contributed by atoms with Crippen molar-refractivity contribution >= 4 is 34.9 Å². The summed E-state index contributed by atoms with van der Waals surface area (Å²) in [6.45, 7) is 2.20. The van der Waals surface area contributed by atoms with E-state index in [2.05, 4.69) is 10.3 Å². The fourth-order valence-corrected chi connectivity index (χ4v) is 2.80. The van der Waals surface area contributed by atoms with Crippen LogP contribution in [0.25, 0.3) is 0 Å². The minimum absolute atomic E-state index is 0.0791. The van der Waals surface area contributed by atoms with Gasteiger partial charge in [-0.15, -0.1) is 0 Å². The summed E-state index contributed by atoms with van der Waals surface area (Å²) in [6, 6.07) is 12.5. The van der Waals surface area contributed by atoms with E-state index in [1.54, 1.807) is 29.2 Å². The van der Waals surface area contributed by atoms with Crippen LogP contribution < -0.4 is 10.2 Å². The van der Waals surface area contributed by atoms with Crippen LogP contribution in [0.2, 0.25) is 5.02 Å². The molecule has 3 rings (SSSR count). The monoisotopic (exact) mass is 329 g/mol. The lowest BCUT2D eigenvalue weighted by molar-refractivity contribution is -0.122. The molecular formula is C17H16ClN3O2. The van der Waals surface area contributed by atoms with E-state index in [1.165, 1.54) is 0 Å². The number of amides is 2. The Morgan fingerprint density at radius 3 is 2.83 bits per heavy atom. The van der Waals surface area contributed by atoms with Gasteiger partial charge < -0.3 is 10.2 Å². The normalized spacial score (nSPS) is 17.4. The number of anilines is 2. The molecule has 1 aliphatic heterocycles. The van der Waals surface area contributed by atoms with E-state index in [-0.39, 0.29) is 18.2 Å². The Labute approximate surface area is 139 Å². The molecule has 23 heavy (non-hydrogen) atoms. The van der Waals surface area contributed by atoms with Crippen LogP contribution in [0.5, 0.6) is 0 Å². The zero-order valence-corrected chi connectivity index (χ0v) is 13.4. The van der Waals surface area contributed by atoms with Gasteiger partial charge in [0, 0.05) is 29.4 Å². The lowest BCUT2D eigenvalue weighted by Gasteiger charge is -2.17. The number of hydrogen-bond acceptors (Lipinski definition) is 3. The quantitative estimate of drug-likeness (QED) is 0.941. The van der Waals surface area contributed by atoms with Crippen molar-refractivity contribution in [1.29, 1.82) is 0 Å². The summed E-state index contributed by atoms with van der Waals surface area (Å²) < 4.78 is 0. The summed E-state index contributed by atoms with van der Waals surface area (Å²) in [6.07, 6.45) is 0.185. The van der Waals surface area contributed by atoms with E-state index >= 15 is 0 Å². The van der Waals surface area contributed by atoms with E-state index < -0.39 is 5.92 Å². The molecule has 0 aliphatic carbocycles. The number of pyridine rings is 1. The van der Waals surface area contributed by atoms with E-state index in [4.69, 9.17) is 11.6 Å². The van der Waals surface area contributed by atoms with Crippen LogP contribution in [0, 0.1) is 12.8 Å². The summed E-state index contributed by atoms with van der Waals surface area (Å²) in [7, 11) is 0. The van der Waals surface area contributed by atoms with Gasteiger partial charge in [-0.05, 0) is 37.3 Å². The van der Waals surface area contributed by atoms with Crippen LogP contribution in [-0.2, 0) is 9.59 Å². The fraction of sp³-hybridized carbons (Fsp3) is 0.235. The van der Waals surface area contributed by atoms with Gasteiger partial charge in [0.15, 0.2) is 0 Å². The lowest BCUT2D eigenvalue weighted by atomic mass is 10.1. The summed E-state index contributed by atoms with van der Waals surface area (Å²) in [5, 5.41) is 3.34. The molecule has 1 atom stereocenters. The van der Waals surface area contributed by atoms with Crippen molar-refractivity contribution < 1.29 is 9.59 Å². The lowest BCUT2D eigenvalue weighted by Crippen LogP contribution is -2.28. The molecule has 118 valence electrons. The van der Waals surface area contributed by atoms with E-state index in [1.807, 2.05) is 25.1 Å². The molecule has 1 saturated heterocycles. The third kappa shape index (κ3) is 3.51. The molecule has 2 heterocycles. The smallest absolute Gasteiger partial charge is 0.230 e. The standard InChI is InChI=1S/C17H16ClN3O2/c1-11-4-2-7-15(19-11)20-17(23)12-8-16(22)21(10-12)14-6-3-5-13(18)9-14/h2-7,9,12H,8,10H2,1H3,(H,19,20,23)/t12-/m1/s1. The first-order chi connectivity index (χ1) is 11.0. The van der Waals surface area contributed by atoms with Crippen LogP contribution in [0.1, 0.15) is 12.1 Å². The Morgan fingerprint density at radius 1 is 1.30 bits per heavy atom. The Morgan fingerprint density at radius 2 is 2.09 bits per heavy atom. The highest BCUT2D eigenvalue weighted by Gasteiger charge is 2.35. The van der Waals surface area contributed by atoms with Crippen molar-refractivity contribution in [3.63, 3.8) is 0 Å². The highest BCUT2D eigenvalue weighted by atomic mass is 35.5. The number of nitrogens with one attached hydrogen (secondary N) is 1. The summed E-state index contributed by atoms with van der Waals surface area (Å²) >= 11 is 5.97. The average molecular weight is 330 g/mol. The second kappa shape index (κ2) is 6.38. The molecule has 1 aliphatic rings. The average Bonchev–Trinajstić information content (AvgIpc) is 2.89. The van der Waals surface area contributed by atoms with E-state index in [0.29, 0.717) is 23.1 Å². The van der Waals surface area contributed by atoms with E-state index in [0.717, 1.165) is 5.69 Å². The molecule has 2 aromatic rings. The Balaban J connectivity index is 1.70. The minimum Gasteiger partial charge on any atom is -0.312 e. The Bertz CT molecular complexity index is 763. The largest absolute Gasteiger partial charge is 0.312 e. The molecular weight excluding hydrogens is 314 g/mol. The zero-order chi connectivity index (χ0) is 16.4. The highest BCUT2D eigenvalue weighted by Crippen LogP contribution is 2.27. The molecule has 0 saturated carbocycles. The second-order valence-corrected chi connectivity index (χ2v) is 5.98. The maximum Gasteiger partial charge on any atom is 0.230 e. The number of halogens is 1. The summed E-state index contributed by atoms with van der Waals surface area (Å²) in [5.41, 5.74) is 1.54. The number of nitrogens with zero attached hydrogens (tertiary/aromatic N) is 2. The van der Waals surface area contributed by atoms with Crippen molar-refractivity contribution in [2.75, 3.05) is 16.8 Å². The van der Waals surface area contributed by atoms with Crippen LogP contribution in [0.4, 0.5) is 11.5 Å². The number of aromatic nitrogens is 1. The van der Waals surface area contributed by atoms with Gasteiger partial charge in [-0.2, -0.15) is 0 Å². The molecule has 1 aromatic carbocycles. The molecule has 1 fully saturated rings. The van der Waals surface area contributed by atoms with E-state index in [9.17, 15) is 9.59 Å². The number of carbonyl (C=O) groups is 2. The van der Waals surface area contributed by atoms with Crippen LogP contribution in [-0.4, -0.2) is 23.3 Å². The van der Waals surface area contributed by atoms with Crippen LogP contribution >= 0.6 is 11.6 Å². The predicted molar refractivity (Wildman–Crippen MR) is 89.5 cm³/mol. The molecule has 0 unspecified atom stereocenters. The maximum absolute atomic E-state index is 12.4. The number of benzene rings is 1. The number of carbonyl (C=O) groups excluding carboxylic acids is 2. The van der Waals surface area contributed by atoms with Gasteiger partial charge in [0.2, 0.25) is 11.8 Å². The molecule has 1 aromatic heterocycles. The SMILES string of the molecule is Cc1cccc(NC(=O)[C@@H]2CC(=O)N(c3cccc(Cl)c3)C2)n1. The molecule has 0 radical (unpaired) electrons. The van der Waals surface area contributed by atoms with Crippen LogP contribution in [0.15, 0.2) is 42.5 Å². The summed E-state index contributed by atoms with van der Waals surface area (Å²) in [5.74, 6) is -0.168. The van der Waals surface area contributed by atoms with Gasteiger partial charge in [-0.3, -0.25) is 9.59 Å². The third-order valence-electron chi connectivity index (χ3n) is 3.76. The number of rotatable bonds is 3. The molecule has 5 nitrogen and oxygen atoms in total. The zero-order valence-electron chi connectivity index (χ0n) is 12.6. The van der Waals surface area contributed by atoms with Gasteiger partial charge in [-0.1, -0.05) is 23.7 Å². The number of aryl methyl sites for hydroxylation is 1. The fourth-order valence-electron chi connectivity index (χ4n) is 2.62. The molecule has 1 N–H and O–H groups in total. The van der Waals surface area contributed by atoms with Crippen molar-refractivity contribution in [2.45, 2.75) is 13.3 Å². The first kappa shape index (κ1) is 15.5. The third-order valence-corrected chi connectivity index (χ3v) is 3.99. The summed E-state index contributed by atoms with van der Waals surface area (Å²) in [4.78, 5) is 30.4. The van der Waals surface area contributed by atoms with Crippen molar-refractivity contribution in [2.24, 2.45) is 5.92 Å². The first-order valence-electron chi connectivity index (χ1n) is 7.33. The molecule has 0 spiro atoms. The van der Waals surface area contributed by atoms with Crippen molar-refractivity contribution in [3.05, 3.63) is 53.2 Å². The first-order valence-corrected chi connectivity index (χ1v) is 7.71. The maximum atomic E-state index is 12.4. The second-order valence-electron chi connectivity index (χ2n) is 5.54. The Hall–Kier alpha value is -2.40. The molecule has 2 amide bonds. The van der Waals surface area contributed by atoms with Gasteiger partial charge in [0.25, 0.3) is 0 Å².